The van der Waals surface area contributed by atoms with E-state index in [-0.39, 0.29) is 18.0 Å². The third-order valence-electron chi connectivity index (χ3n) is 3.37. The van der Waals surface area contributed by atoms with Crippen molar-refractivity contribution >= 4 is 5.91 Å². The minimum atomic E-state index is -0.356. The molecule has 0 atom stereocenters. The number of nitrogens with zero attached hydrogens (tertiary/aromatic N) is 2. The predicted molar refractivity (Wildman–Crippen MR) is 91.1 cm³/mol. The van der Waals surface area contributed by atoms with Gasteiger partial charge in [-0.2, -0.15) is 5.10 Å². The van der Waals surface area contributed by atoms with Crippen LogP contribution >= 0.6 is 0 Å². The highest BCUT2D eigenvalue weighted by Crippen LogP contribution is 2.14. The van der Waals surface area contributed by atoms with Crippen LogP contribution in [0.25, 0.3) is 11.5 Å². The number of hydrogen-bond donors (Lipinski definition) is 1. The van der Waals surface area contributed by atoms with Gasteiger partial charge in [-0.25, -0.2) is 4.68 Å². The molecule has 1 amide bonds. The molecule has 0 radical (unpaired) electrons. The van der Waals surface area contributed by atoms with Gasteiger partial charge in [-0.1, -0.05) is 18.2 Å². The predicted octanol–water partition coefficient (Wildman–Crippen LogP) is 1.70. The number of furan rings is 1. The molecule has 3 aromatic rings. The lowest BCUT2D eigenvalue weighted by molar-refractivity contribution is -0.122. The van der Waals surface area contributed by atoms with Gasteiger partial charge in [0.1, 0.15) is 24.6 Å². The maximum Gasteiger partial charge on any atom is 0.267 e. The fraction of sp³-hybridized carbons (Fsp3) is 0.167. The number of rotatable bonds is 7. The van der Waals surface area contributed by atoms with Crippen molar-refractivity contribution in [3.8, 4) is 17.2 Å². The molecular formula is C18H17N3O4. The second-order valence-corrected chi connectivity index (χ2v) is 5.20. The van der Waals surface area contributed by atoms with E-state index in [1.54, 1.807) is 18.2 Å². The molecule has 0 spiro atoms. The number of benzene rings is 1. The third kappa shape index (κ3) is 4.57. The first kappa shape index (κ1) is 16.5. The van der Waals surface area contributed by atoms with Crippen LogP contribution in [0.3, 0.4) is 0 Å². The van der Waals surface area contributed by atoms with Gasteiger partial charge in [0, 0.05) is 6.07 Å². The molecule has 0 saturated carbocycles. The van der Waals surface area contributed by atoms with Crippen LogP contribution in [0.2, 0.25) is 0 Å². The van der Waals surface area contributed by atoms with Crippen LogP contribution in [0, 0.1) is 0 Å². The van der Waals surface area contributed by atoms with Gasteiger partial charge in [-0.15, -0.1) is 0 Å². The second kappa shape index (κ2) is 7.96. The fourth-order valence-corrected chi connectivity index (χ4v) is 2.19. The summed E-state index contributed by atoms with van der Waals surface area (Å²) in [7, 11) is 0. The van der Waals surface area contributed by atoms with E-state index < -0.39 is 0 Å². The van der Waals surface area contributed by atoms with E-state index in [1.807, 2.05) is 30.3 Å². The molecule has 0 unspecified atom stereocenters. The summed E-state index contributed by atoms with van der Waals surface area (Å²) in [4.78, 5) is 23.8. The number of nitrogens with one attached hydrogen (secondary N) is 1. The molecular weight excluding hydrogens is 322 g/mol. The number of aromatic nitrogens is 2. The summed E-state index contributed by atoms with van der Waals surface area (Å²) in [5.41, 5.74) is 0.135. The number of carbonyl (C=O) groups is 1. The number of para-hydroxylation sites is 1. The van der Waals surface area contributed by atoms with E-state index in [0.717, 1.165) is 10.4 Å². The highest BCUT2D eigenvalue weighted by atomic mass is 16.5. The maximum atomic E-state index is 12.0. The Morgan fingerprint density at radius 1 is 1.12 bits per heavy atom. The summed E-state index contributed by atoms with van der Waals surface area (Å²) in [6, 6.07) is 15.7. The Labute approximate surface area is 143 Å². The Morgan fingerprint density at radius 3 is 2.72 bits per heavy atom. The van der Waals surface area contributed by atoms with Crippen molar-refractivity contribution in [1.29, 1.82) is 0 Å². The van der Waals surface area contributed by atoms with Gasteiger partial charge < -0.3 is 14.5 Å². The monoisotopic (exact) mass is 339 g/mol. The van der Waals surface area contributed by atoms with Crippen LogP contribution in [0.15, 0.2) is 70.1 Å². The number of carbonyl (C=O) groups excluding carboxylic acids is 1. The lowest BCUT2D eigenvalue weighted by Gasteiger charge is -2.09. The quantitative estimate of drug-likeness (QED) is 0.662. The van der Waals surface area contributed by atoms with Crippen LogP contribution in [0.4, 0.5) is 0 Å². The molecule has 2 aromatic heterocycles. The summed E-state index contributed by atoms with van der Waals surface area (Å²) in [6.07, 6.45) is 1.52. The van der Waals surface area contributed by atoms with Crippen LogP contribution in [0.5, 0.6) is 5.75 Å². The maximum absolute atomic E-state index is 12.0. The molecule has 0 fully saturated rings. The molecule has 2 heterocycles. The van der Waals surface area contributed by atoms with Gasteiger partial charge in [-0.3, -0.25) is 9.59 Å². The SMILES string of the molecule is O=C(Cn1nc(-c2ccco2)ccc1=O)NCCOc1ccccc1. The second-order valence-electron chi connectivity index (χ2n) is 5.20. The van der Waals surface area contributed by atoms with E-state index in [2.05, 4.69) is 10.4 Å². The summed E-state index contributed by atoms with van der Waals surface area (Å²) >= 11 is 0. The highest BCUT2D eigenvalue weighted by molar-refractivity contribution is 5.75. The largest absolute Gasteiger partial charge is 0.492 e. The topological polar surface area (TPSA) is 86.4 Å². The molecule has 0 aliphatic carbocycles. The van der Waals surface area contributed by atoms with Gasteiger partial charge in [0.2, 0.25) is 5.91 Å². The Morgan fingerprint density at radius 2 is 1.96 bits per heavy atom. The number of amides is 1. The van der Waals surface area contributed by atoms with E-state index >= 15 is 0 Å². The van der Waals surface area contributed by atoms with Crippen molar-refractivity contribution in [2.24, 2.45) is 0 Å². The van der Waals surface area contributed by atoms with Gasteiger partial charge in [0.15, 0.2) is 5.76 Å². The molecule has 7 heteroatoms. The Balaban J connectivity index is 1.52. The molecule has 0 aliphatic heterocycles. The first-order valence-electron chi connectivity index (χ1n) is 7.79. The zero-order valence-corrected chi connectivity index (χ0v) is 13.4. The summed E-state index contributed by atoms with van der Waals surface area (Å²) < 4.78 is 11.8. The molecule has 7 nitrogen and oxygen atoms in total. The van der Waals surface area contributed by atoms with E-state index in [9.17, 15) is 9.59 Å². The first-order valence-corrected chi connectivity index (χ1v) is 7.79. The molecule has 128 valence electrons. The number of hydrogen-bond acceptors (Lipinski definition) is 5. The molecule has 1 N–H and O–H groups in total. The van der Waals surface area contributed by atoms with Gasteiger partial charge in [0.05, 0.1) is 12.8 Å². The zero-order chi connectivity index (χ0) is 17.5. The van der Waals surface area contributed by atoms with Crippen molar-refractivity contribution < 1.29 is 13.9 Å². The smallest absolute Gasteiger partial charge is 0.267 e. The van der Waals surface area contributed by atoms with Crippen LogP contribution in [-0.4, -0.2) is 28.8 Å². The van der Waals surface area contributed by atoms with E-state index in [4.69, 9.17) is 9.15 Å². The standard InChI is InChI=1S/C18H17N3O4/c22-17(19-10-12-24-14-5-2-1-3-6-14)13-21-18(23)9-8-15(20-21)16-7-4-11-25-16/h1-9,11H,10,12-13H2,(H,19,22). The van der Waals surface area contributed by atoms with Gasteiger partial charge >= 0.3 is 0 Å². The van der Waals surface area contributed by atoms with Gasteiger partial charge in [0.25, 0.3) is 5.56 Å². The zero-order valence-electron chi connectivity index (χ0n) is 13.4. The average Bonchev–Trinajstić information content (AvgIpc) is 3.16. The molecule has 3 rings (SSSR count). The van der Waals surface area contributed by atoms with Crippen LogP contribution in [-0.2, 0) is 11.3 Å². The minimum Gasteiger partial charge on any atom is -0.492 e. The molecule has 25 heavy (non-hydrogen) atoms. The summed E-state index contributed by atoms with van der Waals surface area (Å²) in [5, 5.41) is 6.84. The lowest BCUT2D eigenvalue weighted by atomic mass is 10.3. The summed E-state index contributed by atoms with van der Waals surface area (Å²) in [5.74, 6) is 0.953. The summed E-state index contributed by atoms with van der Waals surface area (Å²) in [6.45, 7) is 0.504. The van der Waals surface area contributed by atoms with E-state index in [0.29, 0.717) is 24.6 Å². The van der Waals surface area contributed by atoms with Gasteiger partial charge in [-0.05, 0) is 30.3 Å². The Bertz CT molecular complexity index is 873. The molecule has 0 aliphatic rings. The minimum absolute atomic E-state index is 0.168. The van der Waals surface area contributed by atoms with E-state index in [1.165, 1.54) is 12.3 Å². The normalized spacial score (nSPS) is 10.4. The van der Waals surface area contributed by atoms with Crippen LogP contribution < -0.4 is 15.6 Å². The van der Waals surface area contributed by atoms with Crippen molar-refractivity contribution in [2.75, 3.05) is 13.2 Å². The fourth-order valence-electron chi connectivity index (χ4n) is 2.19. The Hall–Kier alpha value is -3.35. The lowest BCUT2D eigenvalue weighted by Crippen LogP contribution is -2.35. The highest BCUT2D eigenvalue weighted by Gasteiger charge is 2.09. The Kier molecular flexibility index (Phi) is 5.26. The molecule has 0 saturated heterocycles. The van der Waals surface area contributed by atoms with Crippen molar-refractivity contribution in [2.45, 2.75) is 6.54 Å². The van der Waals surface area contributed by atoms with Crippen molar-refractivity contribution in [3.63, 3.8) is 0 Å². The van der Waals surface area contributed by atoms with Crippen molar-refractivity contribution in [1.82, 2.24) is 15.1 Å². The molecule has 1 aromatic carbocycles. The third-order valence-corrected chi connectivity index (χ3v) is 3.37. The van der Waals surface area contributed by atoms with Crippen LogP contribution in [0.1, 0.15) is 0 Å². The average molecular weight is 339 g/mol. The first-order chi connectivity index (χ1) is 12.2. The number of ether oxygens (including phenoxy) is 1. The van der Waals surface area contributed by atoms with Crippen molar-refractivity contribution in [3.05, 3.63) is 71.2 Å². The molecule has 0 bridgehead atoms.